The maximum Gasteiger partial charge on any atom is 0.238 e. The van der Waals surface area contributed by atoms with Crippen LogP contribution >= 0.6 is 12.4 Å². The molecule has 3 rings (SSSR count). The van der Waals surface area contributed by atoms with E-state index in [0.29, 0.717) is 13.0 Å². The monoisotopic (exact) mass is 387 g/mol. The molecule has 0 unspecified atom stereocenters. The molecular weight excluding hydrogens is 362 g/mol. The minimum atomic E-state index is -0.0433. The van der Waals surface area contributed by atoms with Gasteiger partial charge >= 0.3 is 0 Å². The predicted molar refractivity (Wildman–Crippen MR) is 111 cm³/mol. The van der Waals surface area contributed by atoms with Crippen LogP contribution in [0.1, 0.15) is 18.4 Å². The highest BCUT2D eigenvalue weighted by Gasteiger charge is 2.20. The van der Waals surface area contributed by atoms with Gasteiger partial charge < -0.3 is 15.5 Å². The van der Waals surface area contributed by atoms with Crippen LogP contribution in [0.3, 0.4) is 0 Å². The predicted octanol–water partition coefficient (Wildman–Crippen LogP) is 3.25. The molecule has 27 heavy (non-hydrogen) atoms. The molecular formula is C21H26ClN3O2. The summed E-state index contributed by atoms with van der Waals surface area (Å²) in [6.45, 7) is 1.25. The highest BCUT2D eigenvalue weighted by atomic mass is 35.5. The molecule has 0 saturated heterocycles. The van der Waals surface area contributed by atoms with Crippen LogP contribution in [0.5, 0.6) is 0 Å². The molecule has 0 aliphatic heterocycles. The Labute approximate surface area is 166 Å². The Morgan fingerprint density at radius 3 is 2.33 bits per heavy atom. The Bertz CT molecular complexity index is 746. The van der Waals surface area contributed by atoms with Crippen LogP contribution in [0.4, 0.5) is 11.4 Å². The van der Waals surface area contributed by atoms with Gasteiger partial charge in [0.2, 0.25) is 11.8 Å². The lowest BCUT2D eigenvalue weighted by Crippen LogP contribution is -2.29. The normalized spacial score (nSPS) is 12.8. The number of nitrogens with one attached hydrogen (secondary N) is 2. The van der Waals surface area contributed by atoms with Crippen molar-refractivity contribution in [2.45, 2.75) is 19.3 Å². The molecule has 144 valence electrons. The van der Waals surface area contributed by atoms with Crippen molar-refractivity contribution in [2.75, 3.05) is 30.4 Å². The number of hydrogen-bond donors (Lipinski definition) is 2. The fraction of sp³-hybridized carbons (Fsp3) is 0.333. The van der Waals surface area contributed by atoms with Crippen LogP contribution in [0.25, 0.3) is 0 Å². The zero-order valence-corrected chi connectivity index (χ0v) is 16.3. The zero-order valence-electron chi connectivity index (χ0n) is 15.5. The van der Waals surface area contributed by atoms with Gasteiger partial charge in [-0.15, -0.1) is 12.4 Å². The molecule has 0 heterocycles. The van der Waals surface area contributed by atoms with E-state index in [0.717, 1.165) is 29.4 Å². The van der Waals surface area contributed by atoms with E-state index >= 15 is 0 Å². The van der Waals surface area contributed by atoms with E-state index in [1.54, 1.807) is 11.9 Å². The van der Waals surface area contributed by atoms with Gasteiger partial charge in [-0.2, -0.15) is 0 Å². The summed E-state index contributed by atoms with van der Waals surface area (Å²) in [5.41, 5.74) is 2.54. The van der Waals surface area contributed by atoms with Crippen LogP contribution in [-0.4, -0.2) is 32.0 Å². The SMILES string of the molecule is CN(C(=O)Cc1ccc(NC(=O)CNCC2CC2)cc1)c1ccccc1.Cl. The minimum absolute atomic E-state index is 0. The van der Waals surface area contributed by atoms with Crippen molar-refractivity contribution < 1.29 is 9.59 Å². The van der Waals surface area contributed by atoms with E-state index < -0.39 is 0 Å². The summed E-state index contributed by atoms with van der Waals surface area (Å²) in [6.07, 6.45) is 2.87. The second kappa shape index (κ2) is 10.1. The van der Waals surface area contributed by atoms with Crippen molar-refractivity contribution in [3.8, 4) is 0 Å². The summed E-state index contributed by atoms with van der Waals surface area (Å²) in [5, 5.41) is 6.04. The van der Waals surface area contributed by atoms with Crippen LogP contribution in [0.15, 0.2) is 54.6 Å². The third-order valence-electron chi connectivity index (χ3n) is 4.53. The number of hydrogen-bond acceptors (Lipinski definition) is 3. The largest absolute Gasteiger partial charge is 0.325 e. The third-order valence-corrected chi connectivity index (χ3v) is 4.53. The van der Waals surface area contributed by atoms with Gasteiger partial charge in [0.15, 0.2) is 0 Å². The number of benzene rings is 2. The average molecular weight is 388 g/mol. The lowest BCUT2D eigenvalue weighted by molar-refractivity contribution is -0.118. The minimum Gasteiger partial charge on any atom is -0.325 e. The molecule has 1 fully saturated rings. The van der Waals surface area contributed by atoms with Crippen LogP contribution in [0.2, 0.25) is 0 Å². The van der Waals surface area contributed by atoms with Crippen LogP contribution in [0, 0.1) is 5.92 Å². The highest BCUT2D eigenvalue weighted by molar-refractivity contribution is 5.94. The van der Waals surface area contributed by atoms with Gasteiger partial charge in [-0.1, -0.05) is 30.3 Å². The van der Waals surface area contributed by atoms with Crippen LogP contribution < -0.4 is 15.5 Å². The summed E-state index contributed by atoms with van der Waals surface area (Å²) < 4.78 is 0. The summed E-state index contributed by atoms with van der Waals surface area (Å²) in [7, 11) is 1.78. The molecule has 0 bridgehead atoms. The fourth-order valence-electron chi connectivity index (χ4n) is 2.71. The van der Waals surface area contributed by atoms with E-state index in [-0.39, 0.29) is 24.2 Å². The fourth-order valence-corrected chi connectivity index (χ4v) is 2.71. The number of likely N-dealkylation sites (N-methyl/N-ethyl adjacent to an activating group) is 1. The first-order valence-electron chi connectivity index (χ1n) is 9.03. The molecule has 0 aromatic heterocycles. The van der Waals surface area contributed by atoms with Crippen molar-refractivity contribution in [3.05, 3.63) is 60.2 Å². The molecule has 1 saturated carbocycles. The average Bonchev–Trinajstić information content (AvgIpc) is 3.48. The lowest BCUT2D eigenvalue weighted by atomic mass is 10.1. The lowest BCUT2D eigenvalue weighted by Gasteiger charge is -2.17. The number of anilines is 2. The number of carbonyl (C=O) groups excluding carboxylic acids is 2. The summed E-state index contributed by atoms with van der Waals surface area (Å²) in [6, 6.07) is 17.0. The maximum atomic E-state index is 12.4. The first-order valence-corrected chi connectivity index (χ1v) is 9.03. The molecule has 5 nitrogen and oxygen atoms in total. The van der Waals surface area contributed by atoms with E-state index in [1.807, 2.05) is 54.6 Å². The van der Waals surface area contributed by atoms with Gasteiger partial charge in [0, 0.05) is 18.4 Å². The molecule has 1 aliphatic carbocycles. The second-order valence-corrected chi connectivity index (χ2v) is 6.78. The molecule has 2 aromatic rings. The van der Waals surface area contributed by atoms with Crippen molar-refractivity contribution in [2.24, 2.45) is 5.92 Å². The van der Waals surface area contributed by atoms with E-state index in [1.165, 1.54) is 12.8 Å². The Balaban J connectivity index is 0.00000261. The van der Waals surface area contributed by atoms with Gasteiger partial charge in [-0.05, 0) is 55.1 Å². The smallest absolute Gasteiger partial charge is 0.238 e. The molecule has 2 amide bonds. The highest BCUT2D eigenvalue weighted by Crippen LogP contribution is 2.27. The van der Waals surface area contributed by atoms with E-state index in [2.05, 4.69) is 10.6 Å². The molecule has 0 spiro atoms. The third kappa shape index (κ3) is 6.70. The zero-order chi connectivity index (χ0) is 18.4. The van der Waals surface area contributed by atoms with Crippen molar-refractivity contribution in [3.63, 3.8) is 0 Å². The van der Waals surface area contributed by atoms with Gasteiger partial charge in [-0.3, -0.25) is 9.59 Å². The van der Waals surface area contributed by atoms with Gasteiger partial charge in [0.1, 0.15) is 0 Å². The Morgan fingerprint density at radius 1 is 1.04 bits per heavy atom. The first kappa shape index (κ1) is 20.9. The second-order valence-electron chi connectivity index (χ2n) is 6.78. The number of halogens is 1. The topological polar surface area (TPSA) is 61.4 Å². The molecule has 6 heteroatoms. The van der Waals surface area contributed by atoms with E-state index in [4.69, 9.17) is 0 Å². The van der Waals surface area contributed by atoms with Crippen LogP contribution in [-0.2, 0) is 16.0 Å². The number of rotatable bonds is 8. The number of nitrogens with zero attached hydrogens (tertiary/aromatic N) is 1. The van der Waals surface area contributed by atoms with Gasteiger partial charge in [-0.25, -0.2) is 0 Å². The summed E-state index contributed by atoms with van der Waals surface area (Å²) in [4.78, 5) is 25.9. The number of para-hydroxylation sites is 1. The Morgan fingerprint density at radius 2 is 1.70 bits per heavy atom. The Hall–Kier alpha value is -2.37. The quantitative estimate of drug-likeness (QED) is 0.730. The summed E-state index contributed by atoms with van der Waals surface area (Å²) >= 11 is 0. The molecule has 1 aliphatic rings. The Kier molecular flexibility index (Phi) is 7.82. The standard InChI is InChI=1S/C21H25N3O2.ClH/c1-24(19-5-3-2-4-6-19)21(26)13-16-9-11-18(12-10-16)23-20(25)15-22-14-17-7-8-17;/h2-6,9-12,17,22H,7-8,13-15H2,1H3,(H,23,25);1H. The van der Waals surface area contributed by atoms with Gasteiger partial charge in [0.25, 0.3) is 0 Å². The number of amides is 2. The number of carbonyl (C=O) groups is 2. The molecule has 0 radical (unpaired) electrons. The molecule has 2 N–H and O–H groups in total. The molecule has 2 aromatic carbocycles. The maximum absolute atomic E-state index is 12.4. The first-order chi connectivity index (χ1) is 12.6. The van der Waals surface area contributed by atoms with E-state index in [9.17, 15) is 9.59 Å². The van der Waals surface area contributed by atoms with Crippen molar-refractivity contribution in [1.82, 2.24) is 5.32 Å². The van der Waals surface area contributed by atoms with Crippen molar-refractivity contribution in [1.29, 1.82) is 0 Å². The summed E-state index contributed by atoms with van der Waals surface area (Å²) in [5.74, 6) is 0.740. The van der Waals surface area contributed by atoms with Crippen molar-refractivity contribution >= 4 is 35.6 Å². The van der Waals surface area contributed by atoms with Gasteiger partial charge in [0.05, 0.1) is 13.0 Å². The molecule has 0 atom stereocenters.